The molecule has 4 heteroatoms. The normalized spacial score (nSPS) is 27.6. The quantitative estimate of drug-likeness (QED) is 0.815. The van der Waals surface area contributed by atoms with E-state index in [-0.39, 0.29) is 0 Å². The van der Waals surface area contributed by atoms with Crippen molar-refractivity contribution in [3.05, 3.63) is 24.3 Å². The molecule has 16 heavy (non-hydrogen) atoms. The molecule has 4 nitrogen and oxygen atoms in total. The number of hydrogen-bond donors (Lipinski definition) is 1. The van der Waals surface area contributed by atoms with Gasteiger partial charge >= 0.3 is 0 Å². The molecule has 2 rings (SSSR count). The molecule has 1 aliphatic rings. The lowest BCUT2D eigenvalue weighted by Crippen LogP contribution is -2.28. The van der Waals surface area contributed by atoms with Gasteiger partial charge in [0.2, 0.25) is 0 Å². The first-order valence-corrected chi connectivity index (χ1v) is 5.85. The van der Waals surface area contributed by atoms with E-state index in [1.807, 2.05) is 13.1 Å². The fourth-order valence-corrected chi connectivity index (χ4v) is 2.12. The summed E-state index contributed by atoms with van der Waals surface area (Å²) < 4.78 is 0. The highest BCUT2D eigenvalue weighted by atomic mass is 16.3. The zero-order valence-electron chi connectivity index (χ0n) is 9.76. The number of rotatable bonds is 2. The molecule has 0 aliphatic carbocycles. The van der Waals surface area contributed by atoms with E-state index in [2.05, 4.69) is 14.9 Å². The summed E-state index contributed by atoms with van der Waals surface area (Å²) in [5.41, 5.74) is 0.515. The lowest BCUT2D eigenvalue weighted by Gasteiger charge is -2.21. The Morgan fingerprint density at radius 1 is 1.38 bits per heavy atom. The maximum absolute atomic E-state index is 9.98. The summed E-state index contributed by atoms with van der Waals surface area (Å²) in [6.45, 7) is 4.74. The molecule has 88 valence electrons. The molecule has 0 saturated carbocycles. The third kappa shape index (κ3) is 3.25. The molecule has 1 N–H and O–H groups in total. The Morgan fingerprint density at radius 3 is 3.00 bits per heavy atom. The Morgan fingerprint density at radius 2 is 2.25 bits per heavy atom. The lowest BCUT2D eigenvalue weighted by atomic mass is 9.98. The SMILES string of the molecule is CC1(O)CCCN(Cc2cnccn2)CC1. The van der Waals surface area contributed by atoms with Gasteiger partial charge in [0, 0.05) is 31.7 Å². The Bertz CT molecular complexity index is 326. The van der Waals surface area contributed by atoms with Gasteiger partial charge in [-0.25, -0.2) is 0 Å². The van der Waals surface area contributed by atoms with Gasteiger partial charge in [0.25, 0.3) is 0 Å². The van der Waals surface area contributed by atoms with E-state index in [4.69, 9.17) is 0 Å². The molecule has 1 atom stereocenters. The maximum Gasteiger partial charge on any atom is 0.0726 e. The second kappa shape index (κ2) is 4.89. The third-order valence-corrected chi connectivity index (χ3v) is 3.16. The van der Waals surface area contributed by atoms with Crippen molar-refractivity contribution in [3.63, 3.8) is 0 Å². The Kier molecular flexibility index (Phi) is 3.51. The van der Waals surface area contributed by atoms with E-state index < -0.39 is 5.60 Å². The monoisotopic (exact) mass is 221 g/mol. The minimum atomic E-state index is -0.489. The molecule has 1 unspecified atom stereocenters. The third-order valence-electron chi connectivity index (χ3n) is 3.16. The molecule has 1 aromatic heterocycles. The van der Waals surface area contributed by atoms with Gasteiger partial charge in [-0.3, -0.25) is 14.9 Å². The van der Waals surface area contributed by atoms with Gasteiger partial charge in [0.15, 0.2) is 0 Å². The van der Waals surface area contributed by atoms with Crippen molar-refractivity contribution in [1.29, 1.82) is 0 Å². The standard InChI is InChI=1S/C12H19N3O/c1-12(16)3-2-7-15(8-4-12)10-11-9-13-5-6-14-11/h5-6,9,16H,2-4,7-8,10H2,1H3. The van der Waals surface area contributed by atoms with Crippen molar-refractivity contribution in [2.24, 2.45) is 0 Å². The van der Waals surface area contributed by atoms with Crippen LogP contribution in [0.5, 0.6) is 0 Å². The minimum absolute atomic E-state index is 0.489. The number of hydrogen-bond acceptors (Lipinski definition) is 4. The molecule has 1 fully saturated rings. The summed E-state index contributed by atoms with van der Waals surface area (Å²) in [5.74, 6) is 0. The number of nitrogens with zero attached hydrogens (tertiary/aromatic N) is 3. The smallest absolute Gasteiger partial charge is 0.0726 e. The van der Waals surface area contributed by atoms with Crippen molar-refractivity contribution >= 4 is 0 Å². The molecule has 0 bridgehead atoms. The molecule has 0 radical (unpaired) electrons. The summed E-state index contributed by atoms with van der Waals surface area (Å²) in [5, 5.41) is 9.98. The van der Waals surface area contributed by atoms with Gasteiger partial charge in [-0.1, -0.05) is 0 Å². The van der Waals surface area contributed by atoms with Crippen LogP contribution >= 0.6 is 0 Å². The van der Waals surface area contributed by atoms with E-state index in [0.29, 0.717) is 0 Å². The minimum Gasteiger partial charge on any atom is -0.390 e. The first-order chi connectivity index (χ1) is 7.66. The van der Waals surface area contributed by atoms with E-state index in [1.165, 1.54) is 0 Å². The second-order valence-electron chi connectivity index (χ2n) is 4.82. The predicted octanol–water partition coefficient (Wildman–Crippen LogP) is 1.21. The predicted molar refractivity (Wildman–Crippen MR) is 61.8 cm³/mol. The highest BCUT2D eigenvalue weighted by Crippen LogP contribution is 2.21. The van der Waals surface area contributed by atoms with E-state index in [1.54, 1.807) is 12.4 Å². The first kappa shape index (κ1) is 11.5. The Labute approximate surface area is 96.3 Å². The summed E-state index contributed by atoms with van der Waals surface area (Å²) >= 11 is 0. The van der Waals surface area contributed by atoms with Crippen molar-refractivity contribution in [1.82, 2.24) is 14.9 Å². The van der Waals surface area contributed by atoms with Gasteiger partial charge < -0.3 is 5.11 Å². The van der Waals surface area contributed by atoms with Crippen molar-refractivity contribution in [3.8, 4) is 0 Å². The molecule has 0 spiro atoms. The molecule has 0 aromatic carbocycles. The molecule has 2 heterocycles. The average Bonchev–Trinajstić information content (AvgIpc) is 2.42. The molecule has 1 aromatic rings. The topological polar surface area (TPSA) is 49.2 Å². The number of likely N-dealkylation sites (tertiary alicyclic amines) is 1. The van der Waals surface area contributed by atoms with Crippen LogP contribution in [0.25, 0.3) is 0 Å². The van der Waals surface area contributed by atoms with Crippen molar-refractivity contribution in [2.45, 2.75) is 38.3 Å². The zero-order valence-corrected chi connectivity index (χ0v) is 9.76. The van der Waals surface area contributed by atoms with Crippen LogP contribution in [0, 0.1) is 0 Å². The summed E-state index contributed by atoms with van der Waals surface area (Å²) in [6.07, 6.45) is 8.01. The molecule has 0 amide bonds. The van der Waals surface area contributed by atoms with Gasteiger partial charge in [-0.15, -0.1) is 0 Å². The zero-order chi connectivity index (χ0) is 11.4. The fourth-order valence-electron chi connectivity index (χ4n) is 2.12. The Balaban J connectivity index is 1.92. The van der Waals surface area contributed by atoms with Crippen LogP contribution in [-0.4, -0.2) is 38.7 Å². The van der Waals surface area contributed by atoms with Crippen LogP contribution in [0.3, 0.4) is 0 Å². The van der Waals surface area contributed by atoms with E-state index in [0.717, 1.165) is 44.6 Å². The maximum atomic E-state index is 9.98. The highest BCUT2D eigenvalue weighted by molar-refractivity contribution is 4.95. The van der Waals surface area contributed by atoms with Gasteiger partial charge in [-0.05, 0) is 32.7 Å². The van der Waals surface area contributed by atoms with Crippen LogP contribution in [0.15, 0.2) is 18.6 Å². The fraction of sp³-hybridized carbons (Fsp3) is 0.667. The molecular weight excluding hydrogens is 202 g/mol. The van der Waals surface area contributed by atoms with Crippen LogP contribution < -0.4 is 0 Å². The Hall–Kier alpha value is -1.00. The molecular formula is C12H19N3O. The van der Waals surface area contributed by atoms with Crippen molar-refractivity contribution < 1.29 is 5.11 Å². The van der Waals surface area contributed by atoms with E-state index >= 15 is 0 Å². The lowest BCUT2D eigenvalue weighted by molar-refractivity contribution is 0.0444. The largest absolute Gasteiger partial charge is 0.390 e. The van der Waals surface area contributed by atoms with Gasteiger partial charge in [-0.2, -0.15) is 0 Å². The summed E-state index contributed by atoms with van der Waals surface area (Å²) in [7, 11) is 0. The summed E-state index contributed by atoms with van der Waals surface area (Å²) in [6, 6.07) is 0. The van der Waals surface area contributed by atoms with Gasteiger partial charge in [0.05, 0.1) is 11.3 Å². The number of aliphatic hydroxyl groups is 1. The second-order valence-corrected chi connectivity index (χ2v) is 4.82. The molecule has 1 aliphatic heterocycles. The first-order valence-electron chi connectivity index (χ1n) is 5.85. The van der Waals surface area contributed by atoms with Gasteiger partial charge in [0.1, 0.15) is 0 Å². The van der Waals surface area contributed by atoms with Crippen LogP contribution in [0.4, 0.5) is 0 Å². The van der Waals surface area contributed by atoms with Crippen LogP contribution in [-0.2, 0) is 6.54 Å². The molecule has 1 saturated heterocycles. The highest BCUT2D eigenvalue weighted by Gasteiger charge is 2.24. The van der Waals surface area contributed by atoms with E-state index in [9.17, 15) is 5.11 Å². The van der Waals surface area contributed by atoms with Crippen LogP contribution in [0.1, 0.15) is 31.9 Å². The van der Waals surface area contributed by atoms with Crippen LogP contribution in [0.2, 0.25) is 0 Å². The number of aromatic nitrogens is 2. The van der Waals surface area contributed by atoms with Crippen molar-refractivity contribution in [2.75, 3.05) is 13.1 Å². The average molecular weight is 221 g/mol. The summed E-state index contributed by atoms with van der Waals surface area (Å²) in [4.78, 5) is 10.7.